The first-order valence-corrected chi connectivity index (χ1v) is 13.9. The molecular weight excluding hydrogens is 329 g/mol. The van der Waals surface area contributed by atoms with Gasteiger partial charge in [-0.2, -0.15) is 0 Å². The third-order valence-electron chi connectivity index (χ3n) is 1.37. The van der Waals surface area contributed by atoms with E-state index in [1.54, 1.807) is 0 Å². The van der Waals surface area contributed by atoms with Gasteiger partial charge < -0.3 is 0 Å². The van der Waals surface area contributed by atoms with E-state index < -0.39 is 12.7 Å². The van der Waals surface area contributed by atoms with Crippen LogP contribution >= 0.6 is 67.0 Å². The molecule has 1 atom stereocenters. The molecule has 0 aliphatic rings. The van der Waals surface area contributed by atoms with Crippen molar-refractivity contribution in [3.63, 3.8) is 0 Å². The van der Waals surface area contributed by atoms with E-state index in [0.717, 1.165) is 0 Å². The minimum absolute atomic E-state index is 0.282. The van der Waals surface area contributed by atoms with Crippen LogP contribution < -0.4 is 0 Å². The Hall–Kier alpha value is 2.17. The largest absolute Gasteiger partial charge is 0.341 e. The summed E-state index contributed by atoms with van der Waals surface area (Å²) in [7, 11) is 0. The second-order valence-corrected chi connectivity index (χ2v) is 20.7. The summed E-state index contributed by atoms with van der Waals surface area (Å²) in [5, 5.41) is 0. The predicted octanol–water partition coefficient (Wildman–Crippen LogP) is 4.98. The molecule has 0 saturated carbocycles. The Morgan fingerprint density at radius 3 is 1.85 bits per heavy atom. The third-order valence-corrected chi connectivity index (χ3v) is 13.8. The Labute approximate surface area is 109 Å². The molecule has 0 nitrogen and oxygen atoms in total. The van der Waals surface area contributed by atoms with Crippen molar-refractivity contribution in [2.75, 3.05) is 5.88 Å². The lowest BCUT2D eigenvalue weighted by Crippen LogP contribution is -2.31. The fourth-order valence-corrected chi connectivity index (χ4v) is 20.4. The highest BCUT2D eigenvalue weighted by molar-refractivity contribution is 7.69. The first kappa shape index (κ1) is 15.2. The van der Waals surface area contributed by atoms with E-state index in [-0.39, 0.29) is 5.92 Å². The van der Waals surface area contributed by atoms with Gasteiger partial charge in [0.25, 0.3) is 6.69 Å². The minimum Gasteiger partial charge on any atom is -0.146 e. The molecule has 80 valence electrons. The van der Waals surface area contributed by atoms with Gasteiger partial charge in [-0.05, 0) is 12.0 Å². The summed E-state index contributed by atoms with van der Waals surface area (Å²) in [6, 6.07) is -2.02. The molecule has 8 heteroatoms. The average Bonchev–Trinajstić information content (AvgIpc) is 1.80. The first-order chi connectivity index (χ1) is 5.66. The average molecular weight is 339 g/mol. The number of hydrogen-bond acceptors (Lipinski definition) is 0. The van der Waals surface area contributed by atoms with Crippen molar-refractivity contribution >= 4 is 79.7 Å². The van der Waals surface area contributed by atoms with Crippen LogP contribution in [-0.4, -0.2) is 18.6 Å². The van der Waals surface area contributed by atoms with Crippen LogP contribution in [0.5, 0.6) is 0 Å². The van der Waals surface area contributed by atoms with E-state index >= 15 is 0 Å². The van der Waals surface area contributed by atoms with Crippen LogP contribution in [0, 0.1) is 5.92 Å². The van der Waals surface area contributed by atoms with Crippen molar-refractivity contribution in [3.05, 3.63) is 0 Å². The summed E-state index contributed by atoms with van der Waals surface area (Å²) >= 11 is 35.1. The van der Waals surface area contributed by atoms with E-state index in [9.17, 15) is 0 Å². The highest BCUT2D eigenvalue weighted by atomic mass is 35.8. The Kier molecular flexibility index (Phi) is 7.05. The van der Waals surface area contributed by atoms with Crippen LogP contribution in [-0.2, 0) is 0 Å². The monoisotopic (exact) mass is 336 g/mol. The van der Waals surface area contributed by atoms with Gasteiger partial charge in [-0.25, -0.2) is 0 Å². The van der Waals surface area contributed by atoms with Crippen molar-refractivity contribution in [2.24, 2.45) is 5.92 Å². The second kappa shape index (κ2) is 6.04. The van der Waals surface area contributed by atoms with Gasteiger partial charge in [0, 0.05) is 11.5 Å². The van der Waals surface area contributed by atoms with E-state index in [4.69, 9.17) is 67.0 Å². The first-order valence-electron chi connectivity index (χ1n) is 3.67. The van der Waals surface area contributed by atoms with E-state index in [1.807, 2.05) is 6.92 Å². The van der Waals surface area contributed by atoms with E-state index in [2.05, 4.69) is 0 Å². The third kappa shape index (κ3) is 9.12. The Morgan fingerprint density at radius 2 is 1.54 bits per heavy atom. The fraction of sp³-hybridized carbons (Fsp3) is 1.00. The van der Waals surface area contributed by atoms with Gasteiger partial charge in [0.2, 0.25) is 0 Å². The SMILES string of the molecule is C[C@H](CCl)C[Si](Cl)(Cl)C[Si](Cl)(Cl)Cl. The Bertz CT molecular complexity index is 156. The maximum Gasteiger partial charge on any atom is 0.341 e. The zero-order valence-corrected chi connectivity index (χ0v) is 13.5. The molecule has 0 fully saturated rings. The maximum absolute atomic E-state index is 6.12. The molecule has 0 rings (SSSR count). The Morgan fingerprint density at radius 1 is 1.08 bits per heavy atom. The van der Waals surface area contributed by atoms with Gasteiger partial charge in [0.15, 0.2) is 0 Å². The van der Waals surface area contributed by atoms with Crippen molar-refractivity contribution in [1.29, 1.82) is 0 Å². The van der Waals surface area contributed by atoms with E-state index in [0.29, 0.717) is 17.6 Å². The maximum atomic E-state index is 6.12. The highest BCUT2D eigenvalue weighted by Crippen LogP contribution is 2.38. The van der Waals surface area contributed by atoms with Crippen LogP contribution in [0.4, 0.5) is 0 Å². The zero-order valence-electron chi connectivity index (χ0n) is 6.97. The van der Waals surface area contributed by atoms with Gasteiger partial charge in [0.05, 0.1) is 0 Å². The minimum atomic E-state index is -2.70. The quantitative estimate of drug-likeness (QED) is 0.377. The molecule has 0 radical (unpaired) electrons. The smallest absolute Gasteiger partial charge is 0.146 e. The normalized spacial score (nSPS) is 15.9. The molecule has 0 heterocycles. The summed E-state index contributed by atoms with van der Waals surface area (Å²) in [5.41, 5.74) is 0.370. The van der Waals surface area contributed by atoms with Crippen LogP contribution in [0.1, 0.15) is 6.92 Å². The van der Waals surface area contributed by atoms with Gasteiger partial charge in [0.1, 0.15) is 0 Å². The van der Waals surface area contributed by atoms with Gasteiger partial charge in [-0.3, -0.25) is 0 Å². The molecule has 0 unspecified atom stereocenters. The lowest BCUT2D eigenvalue weighted by Gasteiger charge is -2.22. The second-order valence-electron chi connectivity index (χ2n) is 3.11. The van der Waals surface area contributed by atoms with Crippen LogP contribution in [0.25, 0.3) is 0 Å². The molecule has 0 aromatic heterocycles. The number of hydrogen-bond donors (Lipinski definition) is 0. The van der Waals surface area contributed by atoms with Crippen LogP contribution in [0.15, 0.2) is 0 Å². The molecule has 0 aromatic rings. The van der Waals surface area contributed by atoms with Gasteiger partial charge in [-0.1, -0.05) is 6.92 Å². The lowest BCUT2D eigenvalue weighted by atomic mass is 10.3. The van der Waals surface area contributed by atoms with Gasteiger partial charge >= 0.3 is 6.00 Å². The molecule has 0 aromatic carbocycles. The summed E-state index contributed by atoms with van der Waals surface area (Å²) in [4.78, 5) is 0. The zero-order chi connectivity index (χ0) is 10.7. The van der Waals surface area contributed by atoms with Crippen molar-refractivity contribution < 1.29 is 0 Å². The highest BCUT2D eigenvalue weighted by Gasteiger charge is 2.41. The number of halogens is 6. The van der Waals surface area contributed by atoms with Crippen molar-refractivity contribution in [2.45, 2.75) is 18.6 Å². The number of alkyl halides is 1. The standard InChI is InChI=1S/C5H10Cl6Si2/c1-5(2-6)3-12(7,8)4-13(9,10)11/h5H,2-4H2,1H3/t5-/m1/s1. The van der Waals surface area contributed by atoms with Crippen LogP contribution in [0.2, 0.25) is 11.7 Å². The molecule has 13 heavy (non-hydrogen) atoms. The molecular formula is C5H10Cl6Si2. The van der Waals surface area contributed by atoms with Crippen molar-refractivity contribution in [3.8, 4) is 0 Å². The fourth-order valence-electron chi connectivity index (χ4n) is 0.930. The summed E-state index contributed by atoms with van der Waals surface area (Å²) in [6.45, 7) is -0.411. The molecule has 0 aliphatic carbocycles. The van der Waals surface area contributed by atoms with E-state index in [1.165, 1.54) is 0 Å². The summed E-state index contributed by atoms with van der Waals surface area (Å²) in [5.74, 6) is 0.819. The molecule has 0 N–H and O–H groups in total. The molecule has 0 saturated heterocycles. The lowest BCUT2D eigenvalue weighted by molar-refractivity contribution is 0.736. The van der Waals surface area contributed by atoms with Crippen LogP contribution in [0.3, 0.4) is 0 Å². The summed E-state index contributed by atoms with van der Waals surface area (Å²) in [6.07, 6.45) is 0. The topological polar surface area (TPSA) is 0 Å². The predicted molar refractivity (Wildman–Crippen MR) is 70.3 cm³/mol. The molecule has 0 aliphatic heterocycles. The van der Waals surface area contributed by atoms with Gasteiger partial charge in [-0.15, -0.1) is 67.0 Å². The molecule has 0 spiro atoms. The molecule has 0 amide bonds. The molecule has 0 bridgehead atoms. The Balaban J connectivity index is 4.08. The van der Waals surface area contributed by atoms with Crippen molar-refractivity contribution in [1.82, 2.24) is 0 Å². The summed E-state index contributed by atoms with van der Waals surface area (Å²) < 4.78 is 0. The number of rotatable bonds is 5.